The van der Waals surface area contributed by atoms with Crippen LogP contribution in [-0.4, -0.2) is 130 Å². The molecular weight excluding hydrogens is 650 g/mol. The normalized spacial score (nSPS) is 12.3. The van der Waals surface area contributed by atoms with Gasteiger partial charge in [-0.25, -0.2) is 4.79 Å². The van der Waals surface area contributed by atoms with E-state index >= 15 is 0 Å². The first kappa shape index (κ1) is 37.3. The zero-order valence-corrected chi connectivity index (χ0v) is 27.7. The van der Waals surface area contributed by atoms with E-state index in [1.807, 2.05) is 24.3 Å². The summed E-state index contributed by atoms with van der Waals surface area (Å²) in [6, 6.07) is 16.5. The molecule has 2 aromatic rings. The third kappa shape index (κ3) is 15.8. The molecule has 3 rings (SSSR count). The Morgan fingerprint density at radius 3 is 1.29 bits per heavy atom. The van der Waals surface area contributed by atoms with Gasteiger partial charge in [0.15, 0.2) is 0 Å². The number of alkyl carbamates (subject to hydrolysis) is 1. The summed E-state index contributed by atoms with van der Waals surface area (Å²) in [4.78, 5) is 12.2. The standard InChI is InChI=1S/C33H48BrNO10/c34-9-11-37-13-15-39-17-19-41-21-23-43-25-26-44-24-22-42-20-18-40-16-14-38-12-10-35-33(36)45-27-32-30-7-3-1-5-28(30)29-6-2-4-8-31(29)32/h1-8,32H,9-27H2,(H,35,36). The Kier molecular flexibility index (Phi) is 20.8. The number of carbonyl (C=O) groups is 1. The van der Waals surface area contributed by atoms with Gasteiger partial charge < -0.3 is 47.9 Å². The number of nitrogens with one attached hydrogen (secondary N) is 1. The minimum Gasteiger partial charge on any atom is -0.449 e. The monoisotopic (exact) mass is 697 g/mol. The van der Waals surface area contributed by atoms with E-state index in [9.17, 15) is 4.79 Å². The van der Waals surface area contributed by atoms with Crippen molar-refractivity contribution < 1.29 is 47.4 Å². The van der Waals surface area contributed by atoms with Crippen molar-refractivity contribution in [1.82, 2.24) is 5.32 Å². The summed E-state index contributed by atoms with van der Waals surface area (Å²) in [5, 5.41) is 3.57. The Balaban J connectivity index is 1.01. The van der Waals surface area contributed by atoms with Crippen LogP contribution in [0.25, 0.3) is 11.1 Å². The van der Waals surface area contributed by atoms with Gasteiger partial charge in [-0.05, 0) is 22.3 Å². The van der Waals surface area contributed by atoms with Crippen LogP contribution in [0.3, 0.4) is 0 Å². The van der Waals surface area contributed by atoms with E-state index in [-0.39, 0.29) is 5.92 Å². The van der Waals surface area contributed by atoms with Gasteiger partial charge in [-0.3, -0.25) is 0 Å². The molecule has 45 heavy (non-hydrogen) atoms. The topological polar surface area (TPSA) is 112 Å². The molecule has 1 aliphatic rings. The summed E-state index contributed by atoms with van der Waals surface area (Å²) in [6.07, 6.45) is -0.448. The lowest BCUT2D eigenvalue weighted by atomic mass is 9.98. The molecule has 0 saturated heterocycles. The lowest BCUT2D eigenvalue weighted by molar-refractivity contribution is -0.0227. The van der Waals surface area contributed by atoms with Crippen LogP contribution in [0.15, 0.2) is 48.5 Å². The first-order valence-corrected chi connectivity index (χ1v) is 16.7. The van der Waals surface area contributed by atoms with E-state index in [0.29, 0.717) is 119 Å². The first-order chi connectivity index (χ1) is 22.3. The molecular formula is C33H48BrNO10. The predicted octanol–water partition coefficient (Wildman–Crippen LogP) is 4.05. The molecule has 1 aliphatic carbocycles. The lowest BCUT2D eigenvalue weighted by Gasteiger charge is -2.14. The van der Waals surface area contributed by atoms with Crippen molar-refractivity contribution in [2.45, 2.75) is 5.92 Å². The number of carbonyl (C=O) groups excluding carboxylic acids is 1. The molecule has 1 N–H and O–H groups in total. The number of ether oxygens (including phenoxy) is 9. The van der Waals surface area contributed by atoms with Crippen LogP contribution in [0, 0.1) is 0 Å². The molecule has 0 saturated carbocycles. The molecule has 0 unspecified atom stereocenters. The van der Waals surface area contributed by atoms with Crippen LogP contribution in [0.5, 0.6) is 0 Å². The number of hydrogen-bond acceptors (Lipinski definition) is 10. The van der Waals surface area contributed by atoms with E-state index < -0.39 is 6.09 Å². The van der Waals surface area contributed by atoms with Crippen LogP contribution >= 0.6 is 15.9 Å². The smallest absolute Gasteiger partial charge is 0.407 e. The largest absolute Gasteiger partial charge is 0.449 e. The summed E-state index contributed by atoms with van der Waals surface area (Å²) in [5.74, 6) is 0.0425. The highest BCUT2D eigenvalue weighted by atomic mass is 79.9. The van der Waals surface area contributed by atoms with Crippen molar-refractivity contribution in [2.75, 3.05) is 124 Å². The molecule has 0 spiro atoms. The SMILES string of the molecule is O=C(NCCOCCOCCOCCOCCOCCOCCOCCOCCBr)OCC1c2ccccc2-c2ccccc21. The molecule has 0 bridgehead atoms. The molecule has 0 aliphatic heterocycles. The number of hydrogen-bond donors (Lipinski definition) is 1. The summed E-state index contributed by atoms with van der Waals surface area (Å²) >= 11 is 3.30. The third-order valence-electron chi connectivity index (χ3n) is 6.68. The van der Waals surface area contributed by atoms with Crippen molar-refractivity contribution in [3.63, 3.8) is 0 Å². The van der Waals surface area contributed by atoms with Crippen molar-refractivity contribution >= 4 is 22.0 Å². The highest BCUT2D eigenvalue weighted by molar-refractivity contribution is 9.09. The highest BCUT2D eigenvalue weighted by Gasteiger charge is 2.28. The van der Waals surface area contributed by atoms with Crippen LogP contribution in [0.4, 0.5) is 4.79 Å². The Bertz CT molecular complexity index is 1000. The fraction of sp³-hybridized carbons (Fsp3) is 0.606. The van der Waals surface area contributed by atoms with Gasteiger partial charge in [0.2, 0.25) is 0 Å². The average Bonchev–Trinajstić information content (AvgIpc) is 3.39. The minimum absolute atomic E-state index is 0.0425. The molecule has 11 nitrogen and oxygen atoms in total. The van der Waals surface area contributed by atoms with Crippen molar-refractivity contribution in [1.29, 1.82) is 0 Å². The van der Waals surface area contributed by atoms with Gasteiger partial charge in [0.25, 0.3) is 0 Å². The lowest BCUT2D eigenvalue weighted by Crippen LogP contribution is -2.29. The molecule has 0 heterocycles. The Morgan fingerprint density at radius 2 is 0.889 bits per heavy atom. The van der Waals surface area contributed by atoms with E-state index in [1.54, 1.807) is 0 Å². The van der Waals surface area contributed by atoms with Gasteiger partial charge in [-0.2, -0.15) is 0 Å². The van der Waals surface area contributed by atoms with E-state index in [1.165, 1.54) is 22.3 Å². The van der Waals surface area contributed by atoms with Gasteiger partial charge in [-0.1, -0.05) is 64.5 Å². The maximum absolute atomic E-state index is 12.2. The number of rotatable bonds is 28. The maximum Gasteiger partial charge on any atom is 0.407 e. The van der Waals surface area contributed by atoms with Crippen molar-refractivity contribution in [2.24, 2.45) is 0 Å². The van der Waals surface area contributed by atoms with E-state index in [0.717, 1.165) is 5.33 Å². The molecule has 0 atom stereocenters. The minimum atomic E-state index is -0.448. The summed E-state index contributed by atoms with van der Waals surface area (Å²) in [5.41, 5.74) is 4.79. The van der Waals surface area contributed by atoms with Gasteiger partial charge >= 0.3 is 6.09 Å². The molecule has 12 heteroatoms. The number of halogens is 1. The summed E-state index contributed by atoms with van der Waals surface area (Å²) in [7, 11) is 0. The Labute approximate surface area is 275 Å². The van der Waals surface area contributed by atoms with Crippen LogP contribution in [0.2, 0.25) is 0 Å². The average molecular weight is 699 g/mol. The number of fused-ring (bicyclic) bond motifs is 3. The van der Waals surface area contributed by atoms with Crippen LogP contribution in [-0.2, 0) is 42.6 Å². The molecule has 0 fully saturated rings. The second-order valence-corrected chi connectivity index (χ2v) is 10.6. The van der Waals surface area contributed by atoms with Crippen LogP contribution < -0.4 is 5.32 Å². The number of alkyl halides is 1. The van der Waals surface area contributed by atoms with E-state index in [4.69, 9.17) is 42.6 Å². The number of benzene rings is 2. The third-order valence-corrected chi connectivity index (χ3v) is 7.01. The van der Waals surface area contributed by atoms with Gasteiger partial charge in [-0.15, -0.1) is 0 Å². The van der Waals surface area contributed by atoms with Crippen molar-refractivity contribution in [3.05, 3.63) is 59.7 Å². The fourth-order valence-electron chi connectivity index (χ4n) is 4.57. The molecule has 252 valence electrons. The fourth-order valence-corrected chi connectivity index (χ4v) is 4.80. The Morgan fingerprint density at radius 1 is 0.533 bits per heavy atom. The maximum atomic E-state index is 12.2. The second-order valence-electron chi connectivity index (χ2n) is 9.84. The summed E-state index contributed by atoms with van der Waals surface area (Å²) in [6.45, 7) is 8.86. The quantitative estimate of drug-likeness (QED) is 0.103. The zero-order chi connectivity index (χ0) is 31.6. The number of amides is 1. The zero-order valence-electron chi connectivity index (χ0n) is 26.1. The van der Waals surface area contributed by atoms with E-state index in [2.05, 4.69) is 45.5 Å². The van der Waals surface area contributed by atoms with Gasteiger partial charge in [0.1, 0.15) is 6.61 Å². The molecule has 0 radical (unpaired) electrons. The molecule has 1 amide bonds. The first-order valence-electron chi connectivity index (χ1n) is 15.6. The van der Waals surface area contributed by atoms with Crippen molar-refractivity contribution in [3.8, 4) is 11.1 Å². The van der Waals surface area contributed by atoms with Gasteiger partial charge in [0, 0.05) is 17.8 Å². The van der Waals surface area contributed by atoms with Gasteiger partial charge in [0.05, 0.1) is 106 Å². The van der Waals surface area contributed by atoms with Crippen LogP contribution in [0.1, 0.15) is 17.0 Å². The Hall–Kier alpha value is -2.13. The summed E-state index contributed by atoms with van der Waals surface area (Å²) < 4.78 is 49.1. The highest BCUT2D eigenvalue weighted by Crippen LogP contribution is 2.44. The predicted molar refractivity (Wildman–Crippen MR) is 173 cm³/mol. The molecule has 0 aromatic heterocycles. The second kappa shape index (κ2) is 25.0. The molecule has 2 aromatic carbocycles.